The van der Waals surface area contributed by atoms with Crippen LogP contribution in [0.5, 0.6) is 0 Å². The molecule has 0 aliphatic carbocycles. The Morgan fingerprint density at radius 2 is 2.05 bits per heavy atom. The number of hydrogen-bond donors (Lipinski definition) is 2. The number of carbonyl (C=O) groups is 2. The summed E-state index contributed by atoms with van der Waals surface area (Å²) in [7, 11) is -3.38. The predicted octanol–water partition coefficient (Wildman–Crippen LogP) is 0.0363. The summed E-state index contributed by atoms with van der Waals surface area (Å²) in [6, 6.07) is -0.545. The van der Waals surface area contributed by atoms with Gasteiger partial charge in [0, 0.05) is 13.1 Å². The van der Waals surface area contributed by atoms with Gasteiger partial charge in [-0.15, -0.1) is 0 Å². The van der Waals surface area contributed by atoms with E-state index in [0.29, 0.717) is 31.7 Å². The summed E-state index contributed by atoms with van der Waals surface area (Å²) in [5.41, 5.74) is -1.08. The average Bonchev–Trinajstić information content (AvgIpc) is 2.61. The van der Waals surface area contributed by atoms with Crippen LogP contribution in [0, 0.1) is 5.92 Å². The van der Waals surface area contributed by atoms with Crippen LogP contribution in [-0.4, -0.2) is 49.0 Å². The SMILES string of the molecule is CC(C)CCS(=O)(=O)N1CCCC2(C1)NC(=O)NC2=O. The van der Waals surface area contributed by atoms with E-state index in [1.54, 1.807) is 0 Å². The van der Waals surface area contributed by atoms with E-state index in [0.717, 1.165) is 0 Å². The Hall–Kier alpha value is -1.15. The number of amides is 3. The van der Waals surface area contributed by atoms with Crippen molar-refractivity contribution in [1.82, 2.24) is 14.9 Å². The molecule has 1 unspecified atom stereocenters. The first-order valence-corrected chi connectivity index (χ1v) is 8.47. The third-order valence-electron chi connectivity index (χ3n) is 3.82. The molecule has 2 aliphatic heterocycles. The van der Waals surface area contributed by atoms with Gasteiger partial charge >= 0.3 is 6.03 Å². The standard InChI is InChI=1S/C12H21N3O4S/c1-9(2)4-7-20(18,19)15-6-3-5-12(8-15)10(16)13-11(17)14-12/h9H,3-8H2,1-2H3,(H2,13,14,16,17). The summed E-state index contributed by atoms with van der Waals surface area (Å²) in [5.74, 6) is -0.0414. The molecule has 1 spiro atoms. The molecule has 0 aromatic heterocycles. The maximum Gasteiger partial charge on any atom is 0.322 e. The van der Waals surface area contributed by atoms with Gasteiger partial charge in [-0.05, 0) is 25.2 Å². The van der Waals surface area contributed by atoms with Crippen LogP contribution in [0.25, 0.3) is 0 Å². The first-order chi connectivity index (χ1) is 9.25. The van der Waals surface area contributed by atoms with Crippen molar-refractivity contribution in [2.24, 2.45) is 5.92 Å². The Labute approximate surface area is 119 Å². The van der Waals surface area contributed by atoms with E-state index in [4.69, 9.17) is 0 Å². The minimum Gasteiger partial charge on any atom is -0.322 e. The minimum absolute atomic E-state index is 0.0327. The molecule has 2 heterocycles. The third-order valence-corrected chi connectivity index (χ3v) is 5.67. The van der Waals surface area contributed by atoms with Crippen molar-refractivity contribution < 1.29 is 18.0 Å². The number of nitrogens with zero attached hydrogens (tertiary/aromatic N) is 1. The van der Waals surface area contributed by atoms with Gasteiger partial charge in [0.1, 0.15) is 5.54 Å². The normalized spacial score (nSPS) is 27.9. The van der Waals surface area contributed by atoms with Gasteiger partial charge in [0.15, 0.2) is 0 Å². The van der Waals surface area contributed by atoms with Crippen LogP contribution in [0.1, 0.15) is 33.1 Å². The van der Waals surface area contributed by atoms with E-state index in [2.05, 4.69) is 10.6 Å². The summed E-state index contributed by atoms with van der Waals surface area (Å²) in [4.78, 5) is 23.2. The highest BCUT2D eigenvalue weighted by atomic mass is 32.2. The lowest BCUT2D eigenvalue weighted by Crippen LogP contribution is -2.59. The Balaban J connectivity index is 2.11. The van der Waals surface area contributed by atoms with Crippen LogP contribution >= 0.6 is 0 Å². The lowest BCUT2D eigenvalue weighted by Gasteiger charge is -2.37. The number of sulfonamides is 1. The molecule has 0 aromatic carbocycles. The second-order valence-electron chi connectivity index (χ2n) is 5.93. The minimum atomic E-state index is -3.38. The lowest BCUT2D eigenvalue weighted by atomic mass is 9.90. The molecule has 2 N–H and O–H groups in total. The van der Waals surface area contributed by atoms with Crippen LogP contribution < -0.4 is 10.6 Å². The van der Waals surface area contributed by atoms with E-state index in [-0.39, 0.29) is 12.3 Å². The molecule has 114 valence electrons. The molecule has 0 saturated carbocycles. The van der Waals surface area contributed by atoms with E-state index in [9.17, 15) is 18.0 Å². The van der Waals surface area contributed by atoms with Crippen molar-refractivity contribution in [3.05, 3.63) is 0 Å². The van der Waals surface area contributed by atoms with Crippen LogP contribution in [0.2, 0.25) is 0 Å². The van der Waals surface area contributed by atoms with Gasteiger partial charge < -0.3 is 5.32 Å². The van der Waals surface area contributed by atoms with Crippen LogP contribution in [0.4, 0.5) is 4.79 Å². The van der Waals surface area contributed by atoms with Gasteiger partial charge in [0.05, 0.1) is 5.75 Å². The maximum absolute atomic E-state index is 12.3. The molecule has 2 fully saturated rings. The first kappa shape index (κ1) is 15.2. The second-order valence-corrected chi connectivity index (χ2v) is 8.01. The second kappa shape index (κ2) is 5.33. The number of rotatable bonds is 4. The molecule has 3 amide bonds. The quantitative estimate of drug-likeness (QED) is 0.717. The molecular formula is C12H21N3O4S. The van der Waals surface area contributed by atoms with Crippen molar-refractivity contribution in [3.63, 3.8) is 0 Å². The topological polar surface area (TPSA) is 95.6 Å². The van der Waals surface area contributed by atoms with Gasteiger partial charge in [-0.25, -0.2) is 13.2 Å². The molecule has 0 aromatic rings. The van der Waals surface area contributed by atoms with Crippen molar-refractivity contribution >= 4 is 22.0 Å². The van der Waals surface area contributed by atoms with E-state index in [1.807, 2.05) is 13.8 Å². The summed E-state index contributed by atoms with van der Waals surface area (Å²) in [6.45, 7) is 4.38. The van der Waals surface area contributed by atoms with E-state index >= 15 is 0 Å². The van der Waals surface area contributed by atoms with Gasteiger partial charge in [0.2, 0.25) is 10.0 Å². The highest BCUT2D eigenvalue weighted by Gasteiger charge is 2.50. The van der Waals surface area contributed by atoms with Crippen LogP contribution in [0.3, 0.4) is 0 Å². The fraction of sp³-hybridized carbons (Fsp3) is 0.833. The molecular weight excluding hydrogens is 282 g/mol. The van der Waals surface area contributed by atoms with Crippen LogP contribution in [0.15, 0.2) is 0 Å². The third kappa shape index (κ3) is 2.95. The number of hydrogen-bond acceptors (Lipinski definition) is 4. The van der Waals surface area contributed by atoms with Crippen molar-refractivity contribution in [1.29, 1.82) is 0 Å². The van der Waals surface area contributed by atoms with Crippen molar-refractivity contribution in [2.75, 3.05) is 18.8 Å². The number of nitrogens with one attached hydrogen (secondary N) is 2. The fourth-order valence-electron chi connectivity index (χ4n) is 2.58. The zero-order valence-corrected chi connectivity index (χ0v) is 12.6. The smallest absolute Gasteiger partial charge is 0.322 e. The van der Waals surface area contributed by atoms with E-state index in [1.165, 1.54) is 4.31 Å². The van der Waals surface area contributed by atoms with Crippen LogP contribution in [-0.2, 0) is 14.8 Å². The zero-order valence-electron chi connectivity index (χ0n) is 11.8. The zero-order chi connectivity index (χ0) is 15.0. The molecule has 2 aliphatic rings. The monoisotopic (exact) mass is 303 g/mol. The highest BCUT2D eigenvalue weighted by molar-refractivity contribution is 7.89. The van der Waals surface area contributed by atoms with Gasteiger partial charge in [-0.3, -0.25) is 10.1 Å². The van der Waals surface area contributed by atoms with Crippen molar-refractivity contribution in [2.45, 2.75) is 38.6 Å². The van der Waals surface area contributed by atoms with Crippen molar-refractivity contribution in [3.8, 4) is 0 Å². The lowest BCUT2D eigenvalue weighted by molar-refractivity contribution is -0.125. The summed E-state index contributed by atoms with van der Waals surface area (Å²) >= 11 is 0. The number of imide groups is 1. The Morgan fingerprint density at radius 3 is 2.60 bits per heavy atom. The molecule has 2 saturated heterocycles. The Kier molecular flexibility index (Phi) is 4.06. The first-order valence-electron chi connectivity index (χ1n) is 6.87. The Bertz CT molecular complexity index is 517. The summed E-state index contributed by atoms with van der Waals surface area (Å²) < 4.78 is 25.9. The highest BCUT2D eigenvalue weighted by Crippen LogP contribution is 2.26. The van der Waals surface area contributed by atoms with E-state index < -0.39 is 27.5 Å². The average molecular weight is 303 g/mol. The van der Waals surface area contributed by atoms with Gasteiger partial charge in [-0.2, -0.15) is 4.31 Å². The molecule has 1 atom stereocenters. The molecule has 0 bridgehead atoms. The van der Waals surface area contributed by atoms with Gasteiger partial charge in [-0.1, -0.05) is 13.8 Å². The Morgan fingerprint density at radius 1 is 1.35 bits per heavy atom. The summed E-state index contributed by atoms with van der Waals surface area (Å²) in [5, 5.41) is 4.77. The molecule has 8 heteroatoms. The number of urea groups is 1. The number of carbonyl (C=O) groups excluding carboxylic acids is 2. The largest absolute Gasteiger partial charge is 0.322 e. The predicted molar refractivity (Wildman–Crippen MR) is 73.5 cm³/mol. The fourth-order valence-corrected chi connectivity index (χ4v) is 4.43. The maximum atomic E-state index is 12.3. The molecule has 2 rings (SSSR count). The summed E-state index contributed by atoms with van der Waals surface area (Å²) in [6.07, 6.45) is 1.62. The molecule has 7 nitrogen and oxygen atoms in total. The molecule has 20 heavy (non-hydrogen) atoms. The number of piperidine rings is 1. The van der Waals surface area contributed by atoms with Gasteiger partial charge in [0.25, 0.3) is 5.91 Å². The molecule has 0 radical (unpaired) electrons.